The Balaban J connectivity index is 2.23. The molecule has 0 bridgehead atoms. The second kappa shape index (κ2) is 5.51. The number of hydrogen-bond acceptors (Lipinski definition) is 2. The summed E-state index contributed by atoms with van der Waals surface area (Å²) in [6.45, 7) is 3.52. The predicted molar refractivity (Wildman–Crippen MR) is 68.5 cm³/mol. The number of ketones is 1. The first kappa shape index (κ1) is 13.1. The van der Waals surface area contributed by atoms with E-state index < -0.39 is 5.82 Å². The average molecular weight is 250 g/mol. The van der Waals surface area contributed by atoms with E-state index in [0.29, 0.717) is 11.7 Å². The van der Waals surface area contributed by atoms with Crippen molar-refractivity contribution in [3.8, 4) is 5.75 Å². The van der Waals surface area contributed by atoms with Gasteiger partial charge in [0, 0.05) is 0 Å². The Morgan fingerprint density at radius 3 is 2.72 bits per heavy atom. The number of hydrogen-bond donors (Lipinski definition) is 0. The maximum Gasteiger partial charge on any atom is 0.166 e. The molecule has 1 aromatic rings. The highest BCUT2D eigenvalue weighted by Crippen LogP contribution is 2.30. The maximum absolute atomic E-state index is 13.7. The number of halogens is 1. The summed E-state index contributed by atoms with van der Waals surface area (Å²) < 4.78 is 19.5. The smallest absolute Gasteiger partial charge is 0.166 e. The van der Waals surface area contributed by atoms with Crippen molar-refractivity contribution in [2.75, 3.05) is 0 Å². The summed E-state index contributed by atoms with van der Waals surface area (Å²) in [5.41, 5.74) is 0.0790. The predicted octanol–water partition coefficient (Wildman–Crippen LogP) is 3.99. The van der Waals surface area contributed by atoms with Crippen LogP contribution in [0, 0.1) is 11.7 Å². The van der Waals surface area contributed by atoms with Crippen LogP contribution in [0.15, 0.2) is 18.2 Å². The van der Waals surface area contributed by atoms with E-state index in [1.165, 1.54) is 19.4 Å². The fraction of sp³-hybridized carbons (Fsp3) is 0.533. The topological polar surface area (TPSA) is 26.3 Å². The summed E-state index contributed by atoms with van der Waals surface area (Å²) in [5.74, 6) is 0.0677. The fourth-order valence-corrected chi connectivity index (χ4v) is 2.56. The molecule has 0 heterocycles. The van der Waals surface area contributed by atoms with Gasteiger partial charge in [-0.25, -0.2) is 4.39 Å². The lowest BCUT2D eigenvalue weighted by Gasteiger charge is -2.29. The quantitative estimate of drug-likeness (QED) is 0.758. The molecule has 1 aliphatic rings. The zero-order valence-corrected chi connectivity index (χ0v) is 10.9. The Labute approximate surface area is 107 Å². The summed E-state index contributed by atoms with van der Waals surface area (Å²) in [6, 6.07) is 4.57. The van der Waals surface area contributed by atoms with Crippen molar-refractivity contribution in [2.45, 2.75) is 45.6 Å². The summed E-state index contributed by atoms with van der Waals surface area (Å²) in [6.07, 6.45) is 4.58. The molecule has 2 unspecified atom stereocenters. The van der Waals surface area contributed by atoms with Gasteiger partial charge in [0.05, 0.1) is 5.56 Å². The van der Waals surface area contributed by atoms with E-state index in [-0.39, 0.29) is 17.5 Å². The van der Waals surface area contributed by atoms with Crippen molar-refractivity contribution in [3.05, 3.63) is 29.6 Å². The third-order valence-corrected chi connectivity index (χ3v) is 3.64. The number of carbonyl (C=O) groups excluding carboxylic acids is 1. The largest absolute Gasteiger partial charge is 0.489 e. The molecule has 0 N–H and O–H groups in total. The van der Waals surface area contributed by atoms with Crippen LogP contribution >= 0.6 is 0 Å². The minimum Gasteiger partial charge on any atom is -0.489 e. The number of benzene rings is 1. The summed E-state index contributed by atoms with van der Waals surface area (Å²) in [5, 5.41) is 0. The molecular formula is C15H19FO2. The van der Waals surface area contributed by atoms with Crippen LogP contribution in [0.5, 0.6) is 5.75 Å². The van der Waals surface area contributed by atoms with E-state index in [0.717, 1.165) is 19.3 Å². The van der Waals surface area contributed by atoms with Gasteiger partial charge in [0.25, 0.3) is 0 Å². The maximum atomic E-state index is 13.7. The lowest BCUT2D eigenvalue weighted by molar-refractivity contribution is 0.0934. The SMILES string of the molecule is CC(=O)c1c(F)cccc1OC1CCCCC1C. The Morgan fingerprint density at radius 1 is 1.33 bits per heavy atom. The number of Topliss-reactive ketones (excluding diaryl/α,β-unsaturated/α-hetero) is 1. The van der Waals surface area contributed by atoms with Crippen molar-refractivity contribution >= 4 is 5.78 Å². The minimum absolute atomic E-state index is 0.0790. The van der Waals surface area contributed by atoms with Gasteiger partial charge in [-0.2, -0.15) is 0 Å². The van der Waals surface area contributed by atoms with E-state index in [1.807, 2.05) is 0 Å². The molecule has 1 saturated carbocycles. The van der Waals surface area contributed by atoms with Crippen molar-refractivity contribution in [1.82, 2.24) is 0 Å². The highest BCUT2D eigenvalue weighted by Gasteiger charge is 2.25. The Morgan fingerprint density at radius 2 is 2.06 bits per heavy atom. The number of rotatable bonds is 3. The van der Waals surface area contributed by atoms with Gasteiger partial charge in [0.1, 0.15) is 17.7 Å². The third kappa shape index (κ3) is 2.71. The molecule has 2 atom stereocenters. The van der Waals surface area contributed by atoms with Crippen molar-refractivity contribution < 1.29 is 13.9 Å². The summed E-state index contributed by atoms with van der Waals surface area (Å²) in [4.78, 5) is 11.5. The molecule has 1 aliphatic carbocycles. The van der Waals surface area contributed by atoms with Crippen molar-refractivity contribution in [3.63, 3.8) is 0 Å². The van der Waals surface area contributed by atoms with Gasteiger partial charge in [-0.3, -0.25) is 4.79 Å². The van der Waals surface area contributed by atoms with Crippen LogP contribution in [-0.4, -0.2) is 11.9 Å². The fourth-order valence-electron chi connectivity index (χ4n) is 2.56. The molecule has 0 amide bonds. The monoisotopic (exact) mass is 250 g/mol. The molecule has 0 saturated heterocycles. The standard InChI is InChI=1S/C15H19FO2/c1-10-6-3-4-8-13(10)18-14-9-5-7-12(16)15(14)11(2)17/h5,7,9-10,13H,3-4,6,8H2,1-2H3. The van der Waals surface area contributed by atoms with Crippen LogP contribution in [0.2, 0.25) is 0 Å². The molecule has 2 nitrogen and oxygen atoms in total. The molecule has 0 aliphatic heterocycles. The van der Waals surface area contributed by atoms with E-state index in [9.17, 15) is 9.18 Å². The summed E-state index contributed by atoms with van der Waals surface area (Å²) >= 11 is 0. The Kier molecular flexibility index (Phi) is 4.00. The van der Waals surface area contributed by atoms with E-state index >= 15 is 0 Å². The Hall–Kier alpha value is -1.38. The lowest BCUT2D eigenvalue weighted by Crippen LogP contribution is -2.28. The zero-order valence-electron chi connectivity index (χ0n) is 10.9. The molecule has 18 heavy (non-hydrogen) atoms. The second-order valence-corrected chi connectivity index (χ2v) is 5.09. The van der Waals surface area contributed by atoms with Gasteiger partial charge in [0.2, 0.25) is 0 Å². The Bertz CT molecular complexity index is 442. The second-order valence-electron chi connectivity index (χ2n) is 5.09. The van der Waals surface area contributed by atoms with Crippen LogP contribution in [0.25, 0.3) is 0 Å². The van der Waals surface area contributed by atoms with E-state index in [4.69, 9.17) is 4.74 Å². The normalized spacial score (nSPS) is 23.7. The van der Waals surface area contributed by atoms with Crippen LogP contribution in [0.3, 0.4) is 0 Å². The van der Waals surface area contributed by atoms with Gasteiger partial charge < -0.3 is 4.74 Å². The van der Waals surface area contributed by atoms with Crippen molar-refractivity contribution in [2.24, 2.45) is 5.92 Å². The lowest BCUT2D eigenvalue weighted by atomic mass is 9.88. The molecule has 1 aromatic carbocycles. The van der Waals surface area contributed by atoms with Gasteiger partial charge in [-0.1, -0.05) is 19.4 Å². The minimum atomic E-state index is -0.497. The molecule has 0 radical (unpaired) electrons. The summed E-state index contributed by atoms with van der Waals surface area (Å²) in [7, 11) is 0. The molecule has 0 spiro atoms. The number of ether oxygens (including phenoxy) is 1. The van der Waals surface area contributed by atoms with E-state index in [2.05, 4.69) is 6.92 Å². The van der Waals surface area contributed by atoms with Gasteiger partial charge in [-0.15, -0.1) is 0 Å². The van der Waals surface area contributed by atoms with Crippen molar-refractivity contribution in [1.29, 1.82) is 0 Å². The first-order valence-electron chi connectivity index (χ1n) is 6.55. The zero-order chi connectivity index (χ0) is 13.1. The van der Waals surface area contributed by atoms with Crippen LogP contribution < -0.4 is 4.74 Å². The van der Waals surface area contributed by atoms with Crippen LogP contribution in [-0.2, 0) is 0 Å². The highest BCUT2D eigenvalue weighted by molar-refractivity contribution is 5.97. The molecule has 2 rings (SSSR count). The number of carbonyl (C=O) groups is 1. The van der Waals surface area contributed by atoms with Crippen LogP contribution in [0.4, 0.5) is 4.39 Å². The molecule has 0 aromatic heterocycles. The molecular weight excluding hydrogens is 231 g/mol. The van der Waals surface area contributed by atoms with Gasteiger partial charge in [0.15, 0.2) is 5.78 Å². The first-order valence-corrected chi connectivity index (χ1v) is 6.55. The molecule has 98 valence electrons. The molecule has 3 heteroatoms. The van der Waals surface area contributed by atoms with Gasteiger partial charge >= 0.3 is 0 Å². The van der Waals surface area contributed by atoms with Crippen LogP contribution in [0.1, 0.15) is 49.9 Å². The van der Waals surface area contributed by atoms with Gasteiger partial charge in [-0.05, 0) is 44.2 Å². The average Bonchev–Trinajstić information content (AvgIpc) is 2.31. The first-order chi connectivity index (χ1) is 8.59. The molecule has 1 fully saturated rings. The third-order valence-electron chi connectivity index (χ3n) is 3.64. The van der Waals surface area contributed by atoms with E-state index in [1.54, 1.807) is 12.1 Å². The highest BCUT2D eigenvalue weighted by atomic mass is 19.1.